The lowest BCUT2D eigenvalue weighted by Gasteiger charge is -2.28. The Hall–Kier alpha value is -4.46. The molecule has 14 heteroatoms. The van der Waals surface area contributed by atoms with Gasteiger partial charge in [0.2, 0.25) is 23.6 Å². The third-order valence-electron chi connectivity index (χ3n) is 6.18. The molecule has 14 nitrogen and oxygen atoms in total. The molecule has 204 valence electrons. The quantitative estimate of drug-likeness (QED) is 0.163. The summed E-state index contributed by atoms with van der Waals surface area (Å²) in [4.78, 5) is 70.1. The highest BCUT2D eigenvalue weighted by Crippen LogP contribution is 2.20. The summed E-state index contributed by atoms with van der Waals surface area (Å²) >= 11 is 0. The Labute approximate surface area is 217 Å². The minimum atomic E-state index is -1.31. The number of carbonyl (C=O) groups excluding carboxylic acids is 4. The number of amides is 4. The molecular weight excluding hydrogens is 498 g/mol. The zero-order valence-corrected chi connectivity index (χ0v) is 20.5. The van der Waals surface area contributed by atoms with Crippen LogP contribution in [0.5, 0.6) is 5.75 Å². The van der Waals surface area contributed by atoms with Crippen LogP contribution in [0.2, 0.25) is 0 Å². The molecule has 1 aromatic heterocycles. The molecule has 1 saturated heterocycles. The van der Waals surface area contributed by atoms with E-state index in [2.05, 4.69) is 20.6 Å². The first-order valence-electron chi connectivity index (χ1n) is 12.0. The Morgan fingerprint density at radius 2 is 1.82 bits per heavy atom. The molecule has 4 amide bonds. The largest absolute Gasteiger partial charge is 0.508 e. The average molecular weight is 530 g/mol. The molecule has 38 heavy (non-hydrogen) atoms. The number of rotatable bonds is 12. The van der Waals surface area contributed by atoms with Crippen molar-refractivity contribution in [2.24, 2.45) is 11.5 Å². The number of phenolic OH excluding ortho intramolecular Hbond substituents is 1. The van der Waals surface area contributed by atoms with Gasteiger partial charge in [0, 0.05) is 31.3 Å². The van der Waals surface area contributed by atoms with Crippen molar-refractivity contribution in [1.29, 1.82) is 0 Å². The summed E-state index contributed by atoms with van der Waals surface area (Å²) in [6.07, 6.45) is 3.18. The molecule has 1 fully saturated rings. The van der Waals surface area contributed by atoms with Crippen molar-refractivity contribution in [2.75, 3.05) is 6.54 Å². The fourth-order valence-corrected chi connectivity index (χ4v) is 4.25. The normalized spacial score (nSPS) is 17.3. The van der Waals surface area contributed by atoms with E-state index in [-0.39, 0.29) is 31.6 Å². The second kappa shape index (κ2) is 12.7. The van der Waals surface area contributed by atoms with Gasteiger partial charge in [-0.3, -0.25) is 19.2 Å². The molecule has 0 spiro atoms. The van der Waals surface area contributed by atoms with E-state index >= 15 is 0 Å². The van der Waals surface area contributed by atoms with Gasteiger partial charge in [0.1, 0.15) is 23.9 Å². The SMILES string of the molecule is NC(=O)CC(N)C(=O)N1CCCC1C(=O)NC(Cc1ccc(O)cc1)C(=O)NC(Cc1cnc[nH]1)C(=O)O. The first-order chi connectivity index (χ1) is 18.0. The van der Waals surface area contributed by atoms with E-state index in [1.165, 1.54) is 29.6 Å². The molecule has 0 bridgehead atoms. The van der Waals surface area contributed by atoms with Crippen LogP contribution >= 0.6 is 0 Å². The molecule has 1 aromatic carbocycles. The lowest BCUT2D eigenvalue weighted by Crippen LogP contribution is -2.57. The van der Waals surface area contributed by atoms with Crippen molar-refractivity contribution >= 4 is 29.6 Å². The smallest absolute Gasteiger partial charge is 0.326 e. The van der Waals surface area contributed by atoms with E-state index in [1.54, 1.807) is 12.1 Å². The van der Waals surface area contributed by atoms with Crippen molar-refractivity contribution in [3.63, 3.8) is 0 Å². The van der Waals surface area contributed by atoms with E-state index in [0.29, 0.717) is 24.1 Å². The van der Waals surface area contributed by atoms with Gasteiger partial charge in [0.15, 0.2) is 0 Å². The van der Waals surface area contributed by atoms with Crippen LogP contribution in [-0.4, -0.2) is 85.4 Å². The Kier molecular flexibility index (Phi) is 9.38. The number of hydrogen-bond acceptors (Lipinski definition) is 8. The molecule has 1 aliphatic heterocycles. The molecule has 3 rings (SSSR count). The van der Waals surface area contributed by atoms with Gasteiger partial charge in [0.25, 0.3) is 0 Å². The zero-order valence-electron chi connectivity index (χ0n) is 20.5. The Balaban J connectivity index is 1.77. The molecule has 0 saturated carbocycles. The fraction of sp³-hybridized carbons (Fsp3) is 0.417. The number of aromatic amines is 1. The van der Waals surface area contributed by atoms with Gasteiger partial charge in [-0.15, -0.1) is 0 Å². The van der Waals surface area contributed by atoms with E-state index in [1.807, 2.05) is 0 Å². The summed E-state index contributed by atoms with van der Waals surface area (Å²) in [5.74, 6) is -4.00. The minimum absolute atomic E-state index is 0.0108. The number of benzene rings is 1. The number of H-pyrrole nitrogens is 1. The summed E-state index contributed by atoms with van der Waals surface area (Å²) in [5.41, 5.74) is 12.0. The van der Waals surface area contributed by atoms with Gasteiger partial charge in [-0.1, -0.05) is 12.1 Å². The Morgan fingerprint density at radius 3 is 2.42 bits per heavy atom. The average Bonchev–Trinajstić information content (AvgIpc) is 3.56. The molecule has 9 N–H and O–H groups in total. The molecule has 1 aliphatic rings. The number of aromatic hydroxyl groups is 1. The van der Waals surface area contributed by atoms with Crippen LogP contribution in [0.25, 0.3) is 0 Å². The highest BCUT2D eigenvalue weighted by molar-refractivity contribution is 5.95. The number of nitrogens with one attached hydrogen (secondary N) is 3. The maximum absolute atomic E-state index is 13.3. The monoisotopic (exact) mass is 529 g/mol. The number of hydrogen-bond donors (Lipinski definition) is 7. The molecule has 4 unspecified atom stereocenters. The van der Waals surface area contributed by atoms with E-state index in [9.17, 15) is 34.2 Å². The highest BCUT2D eigenvalue weighted by atomic mass is 16.4. The van der Waals surface area contributed by atoms with Crippen LogP contribution in [0.3, 0.4) is 0 Å². The van der Waals surface area contributed by atoms with Crippen LogP contribution in [0.4, 0.5) is 0 Å². The first-order valence-corrected chi connectivity index (χ1v) is 12.0. The number of phenols is 1. The van der Waals surface area contributed by atoms with E-state index < -0.39 is 53.8 Å². The second-order valence-electron chi connectivity index (χ2n) is 9.08. The maximum atomic E-state index is 13.3. The topological polar surface area (TPSA) is 234 Å². The Morgan fingerprint density at radius 1 is 1.11 bits per heavy atom. The number of aromatic nitrogens is 2. The van der Waals surface area contributed by atoms with Crippen molar-refractivity contribution in [3.8, 4) is 5.75 Å². The van der Waals surface area contributed by atoms with Gasteiger partial charge < -0.3 is 42.2 Å². The van der Waals surface area contributed by atoms with Crippen molar-refractivity contribution in [1.82, 2.24) is 25.5 Å². The van der Waals surface area contributed by atoms with Crippen LogP contribution < -0.4 is 22.1 Å². The van der Waals surface area contributed by atoms with E-state index in [0.717, 1.165) is 0 Å². The first kappa shape index (κ1) is 28.1. The summed E-state index contributed by atoms with van der Waals surface area (Å²) in [7, 11) is 0. The minimum Gasteiger partial charge on any atom is -0.508 e. The van der Waals surface area contributed by atoms with Crippen LogP contribution in [0.15, 0.2) is 36.8 Å². The number of aliphatic carboxylic acids is 1. The number of primary amides is 1. The van der Waals surface area contributed by atoms with Crippen LogP contribution in [0, 0.1) is 0 Å². The number of imidazole rings is 1. The van der Waals surface area contributed by atoms with Gasteiger partial charge in [-0.25, -0.2) is 9.78 Å². The molecule has 4 atom stereocenters. The number of carboxylic acids is 1. The number of carbonyl (C=O) groups is 5. The lowest BCUT2D eigenvalue weighted by atomic mass is 10.0. The van der Waals surface area contributed by atoms with Gasteiger partial charge in [0.05, 0.1) is 18.8 Å². The summed E-state index contributed by atoms with van der Waals surface area (Å²) < 4.78 is 0. The molecule has 0 radical (unpaired) electrons. The molecule has 0 aliphatic carbocycles. The number of nitrogens with two attached hydrogens (primary N) is 2. The summed E-state index contributed by atoms with van der Waals surface area (Å²) in [5, 5.41) is 24.3. The van der Waals surface area contributed by atoms with Gasteiger partial charge in [-0.05, 0) is 30.5 Å². The van der Waals surface area contributed by atoms with Crippen molar-refractivity contribution in [2.45, 2.75) is 56.3 Å². The van der Waals surface area contributed by atoms with Crippen molar-refractivity contribution < 1.29 is 34.2 Å². The standard InChI is InChI=1S/C24H31N7O7/c25-16(10-20(26)33)23(36)31-7-1-2-19(31)22(35)29-17(8-13-3-5-15(32)6-4-13)21(34)30-18(24(37)38)9-14-11-27-12-28-14/h3-6,11-12,16-19,32H,1-2,7-10,25H2,(H2,26,33)(H,27,28)(H,29,35)(H,30,34)(H,37,38). The highest BCUT2D eigenvalue weighted by Gasteiger charge is 2.38. The number of nitrogens with zero attached hydrogens (tertiary/aromatic N) is 2. The summed E-state index contributed by atoms with van der Waals surface area (Å²) in [6.45, 7) is 0.240. The lowest BCUT2D eigenvalue weighted by molar-refractivity contribution is -0.143. The Bertz CT molecular complexity index is 1150. The fourth-order valence-electron chi connectivity index (χ4n) is 4.25. The van der Waals surface area contributed by atoms with Crippen LogP contribution in [0.1, 0.15) is 30.5 Å². The van der Waals surface area contributed by atoms with Crippen LogP contribution in [-0.2, 0) is 36.8 Å². The predicted octanol–water partition coefficient (Wildman–Crippen LogP) is -1.85. The van der Waals surface area contributed by atoms with Gasteiger partial charge in [-0.2, -0.15) is 0 Å². The zero-order chi connectivity index (χ0) is 27.8. The summed E-state index contributed by atoms with van der Waals surface area (Å²) in [6, 6.07) is 1.33. The van der Waals surface area contributed by atoms with E-state index in [4.69, 9.17) is 11.5 Å². The van der Waals surface area contributed by atoms with Crippen molar-refractivity contribution in [3.05, 3.63) is 48.0 Å². The number of carboxylic acid groups (broad SMARTS) is 1. The predicted molar refractivity (Wildman–Crippen MR) is 132 cm³/mol. The third kappa shape index (κ3) is 7.52. The molecule has 2 aromatic rings. The molecule has 2 heterocycles. The third-order valence-corrected chi connectivity index (χ3v) is 6.18. The maximum Gasteiger partial charge on any atom is 0.326 e. The second-order valence-corrected chi connectivity index (χ2v) is 9.08. The molecular formula is C24H31N7O7. The number of likely N-dealkylation sites (tertiary alicyclic amines) is 1. The van der Waals surface area contributed by atoms with Gasteiger partial charge >= 0.3 is 5.97 Å².